The first-order valence-electron chi connectivity index (χ1n) is 18.1. The quantitative estimate of drug-likeness (QED) is 0.146. The molecule has 1 aromatic heterocycles. The molecule has 0 bridgehead atoms. The van der Waals surface area contributed by atoms with Crippen molar-refractivity contribution in [2.45, 2.75) is 109 Å². The molecule has 4 N–H and O–H groups in total. The summed E-state index contributed by atoms with van der Waals surface area (Å²) < 4.78 is 2.00. The third-order valence-electron chi connectivity index (χ3n) is 9.86. The van der Waals surface area contributed by atoms with E-state index in [0.29, 0.717) is 38.3 Å². The summed E-state index contributed by atoms with van der Waals surface area (Å²) >= 11 is 0. The molecule has 4 rings (SSSR count). The molecule has 1 heterocycles. The van der Waals surface area contributed by atoms with Crippen molar-refractivity contribution in [3.05, 3.63) is 66.5 Å². The van der Waals surface area contributed by atoms with Gasteiger partial charge in [-0.2, -0.15) is 0 Å². The van der Waals surface area contributed by atoms with Crippen LogP contribution in [0.2, 0.25) is 0 Å². The van der Waals surface area contributed by atoms with Gasteiger partial charge in [0.1, 0.15) is 12.1 Å². The number of likely N-dealkylation sites (N-methyl/N-ethyl adjacent to an activating group) is 1. The van der Waals surface area contributed by atoms with Crippen LogP contribution in [0.1, 0.15) is 77.2 Å². The number of para-hydroxylation sites is 2. The molecule has 10 heteroatoms. The number of hydrogen-bond acceptors (Lipinski definition) is 6. The predicted molar refractivity (Wildman–Crippen MR) is 196 cm³/mol. The van der Waals surface area contributed by atoms with Gasteiger partial charge in [0.25, 0.3) is 0 Å². The Kier molecular flexibility index (Phi) is 14.9. The van der Waals surface area contributed by atoms with Gasteiger partial charge in [-0.05, 0) is 48.8 Å². The van der Waals surface area contributed by atoms with Crippen LogP contribution in [0, 0.1) is 30.1 Å². The van der Waals surface area contributed by atoms with Crippen molar-refractivity contribution in [2.24, 2.45) is 17.8 Å². The monoisotopic (exact) mass is 685 g/mol. The van der Waals surface area contributed by atoms with Gasteiger partial charge >= 0.3 is 0 Å². The van der Waals surface area contributed by atoms with E-state index in [9.17, 15) is 24.6 Å². The SMILES string of the molecule is C#CC[C@H](NC(=O)[C@@H](CC(=O)N(C)CCn1cnc2ccccc21)Cc1ccccc1)C(=O)N[C@@H](CC1CCCCC1)[C@@H](O)[C@@H](O)CC(C)C. The number of aromatic nitrogens is 2. The predicted octanol–water partition coefficient (Wildman–Crippen LogP) is 4.47. The number of carbonyl (C=O) groups is 3. The van der Waals surface area contributed by atoms with Gasteiger partial charge in [0.15, 0.2) is 0 Å². The van der Waals surface area contributed by atoms with Gasteiger partial charge in [-0.15, -0.1) is 12.3 Å². The standard InChI is InChI=1S/C40H55N5O5/c1-5-14-33(40(50)43-34(25-30-17-10-7-11-18-30)38(48)36(46)23-28(2)3)42-39(49)31(24-29-15-8-6-9-16-29)26-37(47)44(4)21-22-45-27-41-32-19-12-13-20-35(32)45/h1,6,8-9,12-13,15-16,19-20,27-28,30-31,33-34,36,38,46,48H,7,10-11,14,17-18,21-26H2,2-4H3,(H,42,49)(H,43,50)/t31-,33+,34+,36+,38-/m1/s1. The molecule has 1 aliphatic carbocycles. The number of nitrogens with one attached hydrogen (secondary N) is 2. The molecule has 0 spiro atoms. The van der Waals surface area contributed by atoms with Gasteiger partial charge in [-0.25, -0.2) is 4.98 Å². The minimum Gasteiger partial charge on any atom is -0.390 e. The number of imidazole rings is 1. The van der Waals surface area contributed by atoms with Crippen LogP contribution in [0.4, 0.5) is 0 Å². The van der Waals surface area contributed by atoms with E-state index in [0.717, 1.165) is 42.3 Å². The van der Waals surface area contributed by atoms with E-state index in [4.69, 9.17) is 6.42 Å². The van der Waals surface area contributed by atoms with E-state index in [1.165, 1.54) is 6.42 Å². The third kappa shape index (κ3) is 11.4. The fourth-order valence-electron chi connectivity index (χ4n) is 6.95. The van der Waals surface area contributed by atoms with Crippen LogP contribution in [0.25, 0.3) is 11.0 Å². The van der Waals surface area contributed by atoms with Gasteiger partial charge in [0.2, 0.25) is 17.7 Å². The maximum atomic E-state index is 13.9. The van der Waals surface area contributed by atoms with E-state index in [1.807, 2.05) is 73.0 Å². The Morgan fingerprint density at radius 2 is 1.70 bits per heavy atom. The lowest BCUT2D eigenvalue weighted by atomic mass is 9.82. The Morgan fingerprint density at radius 1 is 1.00 bits per heavy atom. The number of benzene rings is 2. The zero-order valence-electron chi connectivity index (χ0n) is 29.8. The molecule has 10 nitrogen and oxygen atoms in total. The highest BCUT2D eigenvalue weighted by atomic mass is 16.3. The third-order valence-corrected chi connectivity index (χ3v) is 9.86. The average molecular weight is 686 g/mol. The van der Waals surface area contributed by atoms with E-state index in [1.54, 1.807) is 18.3 Å². The molecule has 1 aliphatic rings. The molecule has 0 saturated heterocycles. The normalized spacial score (nSPS) is 16.6. The first-order chi connectivity index (χ1) is 24.0. The minimum atomic E-state index is -1.16. The summed E-state index contributed by atoms with van der Waals surface area (Å²) in [5.41, 5.74) is 2.75. The first-order valence-corrected chi connectivity index (χ1v) is 18.1. The van der Waals surface area contributed by atoms with E-state index in [2.05, 4.69) is 21.5 Å². The number of aliphatic hydroxyl groups is 2. The van der Waals surface area contributed by atoms with Crippen LogP contribution >= 0.6 is 0 Å². The van der Waals surface area contributed by atoms with E-state index >= 15 is 0 Å². The molecule has 5 atom stereocenters. The van der Waals surface area contributed by atoms with Gasteiger partial charge in [0.05, 0.1) is 35.4 Å². The maximum Gasteiger partial charge on any atom is 0.243 e. The van der Waals surface area contributed by atoms with E-state index in [-0.39, 0.29) is 24.7 Å². The molecule has 0 aliphatic heterocycles. The number of carbonyl (C=O) groups excluding carboxylic acids is 3. The number of fused-ring (bicyclic) bond motifs is 1. The summed E-state index contributed by atoms with van der Waals surface area (Å²) in [5.74, 6) is 1.07. The molecule has 1 fully saturated rings. The summed E-state index contributed by atoms with van der Waals surface area (Å²) in [5, 5.41) is 27.8. The van der Waals surface area contributed by atoms with Gasteiger partial charge < -0.3 is 30.3 Å². The minimum absolute atomic E-state index is 0.0588. The Balaban J connectivity index is 1.45. The summed E-state index contributed by atoms with van der Waals surface area (Å²) in [6.07, 6.45) is 11.8. The number of hydrogen-bond donors (Lipinski definition) is 4. The van der Waals surface area contributed by atoms with Crippen molar-refractivity contribution in [3.63, 3.8) is 0 Å². The Hall–Kier alpha value is -4.20. The topological polar surface area (TPSA) is 137 Å². The molecule has 270 valence electrons. The molecular formula is C40H55N5O5. The van der Waals surface area contributed by atoms with Crippen LogP contribution in [-0.4, -0.2) is 80.3 Å². The molecule has 2 aromatic carbocycles. The molecule has 3 aromatic rings. The number of rotatable bonds is 18. The Morgan fingerprint density at radius 3 is 2.40 bits per heavy atom. The van der Waals surface area contributed by atoms with Crippen molar-refractivity contribution in [3.8, 4) is 12.3 Å². The maximum absolute atomic E-state index is 13.9. The molecule has 1 saturated carbocycles. The lowest BCUT2D eigenvalue weighted by molar-refractivity contribution is -0.137. The number of aliphatic hydroxyl groups excluding tert-OH is 2. The number of nitrogens with zero attached hydrogens (tertiary/aromatic N) is 3. The lowest BCUT2D eigenvalue weighted by Gasteiger charge is -2.33. The van der Waals surface area contributed by atoms with Crippen molar-refractivity contribution in [1.82, 2.24) is 25.1 Å². The van der Waals surface area contributed by atoms with Crippen LogP contribution < -0.4 is 10.6 Å². The summed E-state index contributed by atoms with van der Waals surface area (Å²) in [6, 6.07) is 15.5. The van der Waals surface area contributed by atoms with Crippen molar-refractivity contribution >= 4 is 28.8 Å². The highest BCUT2D eigenvalue weighted by molar-refractivity contribution is 5.91. The zero-order chi connectivity index (χ0) is 36.0. The second kappa shape index (κ2) is 19.3. The summed E-state index contributed by atoms with van der Waals surface area (Å²) in [4.78, 5) is 47.3. The highest BCUT2D eigenvalue weighted by Crippen LogP contribution is 2.29. The average Bonchev–Trinajstić information content (AvgIpc) is 3.53. The number of terminal acetylenes is 1. The van der Waals surface area contributed by atoms with Crippen LogP contribution in [0.15, 0.2) is 60.9 Å². The van der Waals surface area contributed by atoms with E-state index < -0.39 is 42.0 Å². The molecule has 0 unspecified atom stereocenters. The Labute approximate surface area is 297 Å². The van der Waals surface area contributed by atoms with Crippen molar-refractivity contribution in [2.75, 3.05) is 13.6 Å². The second-order valence-electron chi connectivity index (χ2n) is 14.3. The Bertz CT molecular complexity index is 1560. The fourth-order valence-corrected chi connectivity index (χ4v) is 6.95. The first kappa shape index (κ1) is 38.6. The highest BCUT2D eigenvalue weighted by Gasteiger charge is 2.34. The molecule has 50 heavy (non-hydrogen) atoms. The van der Waals surface area contributed by atoms with Crippen molar-refractivity contribution in [1.29, 1.82) is 0 Å². The molecule has 3 amide bonds. The molecular weight excluding hydrogens is 630 g/mol. The van der Waals surface area contributed by atoms with Gasteiger partial charge in [-0.1, -0.05) is 88.4 Å². The van der Waals surface area contributed by atoms with Crippen LogP contribution in [0.5, 0.6) is 0 Å². The molecule has 0 radical (unpaired) electrons. The van der Waals surface area contributed by atoms with Crippen LogP contribution in [-0.2, 0) is 27.3 Å². The van der Waals surface area contributed by atoms with Gasteiger partial charge in [0, 0.05) is 33.0 Å². The summed E-state index contributed by atoms with van der Waals surface area (Å²) in [7, 11) is 1.72. The lowest BCUT2D eigenvalue weighted by Crippen LogP contribution is -2.56. The fraction of sp³-hybridized carbons (Fsp3) is 0.550. The van der Waals surface area contributed by atoms with Gasteiger partial charge in [-0.3, -0.25) is 14.4 Å². The number of amides is 3. The van der Waals surface area contributed by atoms with Crippen LogP contribution in [0.3, 0.4) is 0 Å². The smallest absolute Gasteiger partial charge is 0.243 e. The van der Waals surface area contributed by atoms with Crippen molar-refractivity contribution < 1.29 is 24.6 Å². The zero-order valence-corrected chi connectivity index (χ0v) is 29.8. The largest absolute Gasteiger partial charge is 0.390 e. The summed E-state index contributed by atoms with van der Waals surface area (Å²) in [6.45, 7) is 4.91. The second-order valence-corrected chi connectivity index (χ2v) is 14.3.